The first-order valence-corrected chi connectivity index (χ1v) is 6.37. The number of pyridine rings is 1. The van der Waals surface area contributed by atoms with E-state index in [0.717, 1.165) is 31.6 Å². The summed E-state index contributed by atoms with van der Waals surface area (Å²) < 4.78 is 0. The van der Waals surface area contributed by atoms with Crippen LogP contribution in [0.5, 0.6) is 0 Å². The second-order valence-electron chi connectivity index (χ2n) is 4.48. The van der Waals surface area contributed by atoms with Gasteiger partial charge in [-0.2, -0.15) is 0 Å². The average Bonchev–Trinajstić information content (AvgIpc) is 2.93. The quantitative estimate of drug-likeness (QED) is 0.830. The van der Waals surface area contributed by atoms with Gasteiger partial charge in [-0.05, 0) is 25.0 Å². The Morgan fingerprint density at radius 2 is 2.16 bits per heavy atom. The van der Waals surface area contributed by atoms with Crippen LogP contribution in [-0.4, -0.2) is 46.8 Å². The highest BCUT2D eigenvalue weighted by molar-refractivity contribution is 5.85. The standard InChI is InChI=1S/C13H19N3O2.ClH/c17-12(13(18)16-9-3-4-10-16)15-8-6-11-5-1-2-7-14-11;/h1-2,5,7,13,18H,3-4,6,8-10H2,(H,15,17);1H. The van der Waals surface area contributed by atoms with Crippen molar-refractivity contribution in [2.75, 3.05) is 19.6 Å². The van der Waals surface area contributed by atoms with Crippen molar-refractivity contribution in [3.63, 3.8) is 0 Å². The first-order chi connectivity index (χ1) is 8.77. The van der Waals surface area contributed by atoms with Crippen molar-refractivity contribution in [3.05, 3.63) is 30.1 Å². The molecule has 5 nitrogen and oxygen atoms in total. The fourth-order valence-electron chi connectivity index (χ4n) is 2.10. The van der Waals surface area contributed by atoms with E-state index in [9.17, 15) is 9.90 Å². The summed E-state index contributed by atoms with van der Waals surface area (Å²) >= 11 is 0. The molecule has 19 heavy (non-hydrogen) atoms. The van der Waals surface area contributed by atoms with Gasteiger partial charge in [0.2, 0.25) is 0 Å². The van der Waals surface area contributed by atoms with Crippen LogP contribution >= 0.6 is 12.4 Å². The van der Waals surface area contributed by atoms with Crippen LogP contribution in [0.15, 0.2) is 24.4 Å². The van der Waals surface area contributed by atoms with Crippen LogP contribution in [0.4, 0.5) is 0 Å². The molecule has 2 N–H and O–H groups in total. The SMILES string of the molecule is Cl.O=C(NCCc1ccccn1)C(O)N1CCCC1. The topological polar surface area (TPSA) is 65.5 Å². The molecule has 1 aromatic rings. The van der Waals surface area contributed by atoms with E-state index in [2.05, 4.69) is 10.3 Å². The lowest BCUT2D eigenvalue weighted by Gasteiger charge is -2.21. The lowest BCUT2D eigenvalue weighted by molar-refractivity contribution is -0.138. The van der Waals surface area contributed by atoms with Gasteiger partial charge in [-0.1, -0.05) is 6.07 Å². The maximum Gasteiger partial charge on any atom is 0.264 e. The molecule has 1 aliphatic rings. The smallest absolute Gasteiger partial charge is 0.264 e. The number of amides is 1. The Bertz CT molecular complexity index is 383. The van der Waals surface area contributed by atoms with Crippen LogP contribution in [0, 0.1) is 0 Å². The van der Waals surface area contributed by atoms with Crippen molar-refractivity contribution in [2.45, 2.75) is 25.5 Å². The fourth-order valence-corrected chi connectivity index (χ4v) is 2.10. The highest BCUT2D eigenvalue weighted by atomic mass is 35.5. The van der Waals surface area contributed by atoms with Crippen molar-refractivity contribution < 1.29 is 9.90 Å². The molecule has 1 fully saturated rings. The lowest BCUT2D eigenvalue weighted by atomic mass is 10.2. The molecule has 6 heteroatoms. The van der Waals surface area contributed by atoms with E-state index in [4.69, 9.17) is 0 Å². The molecule has 0 bridgehead atoms. The molecular formula is C13H20ClN3O2. The van der Waals surface area contributed by atoms with E-state index in [1.54, 1.807) is 11.1 Å². The molecule has 1 atom stereocenters. The van der Waals surface area contributed by atoms with E-state index >= 15 is 0 Å². The van der Waals surface area contributed by atoms with Gasteiger partial charge in [0.15, 0.2) is 6.23 Å². The number of halogens is 1. The van der Waals surface area contributed by atoms with E-state index in [1.807, 2.05) is 18.2 Å². The third-order valence-corrected chi connectivity index (χ3v) is 3.13. The second kappa shape index (κ2) is 8.09. The number of nitrogens with zero attached hydrogens (tertiary/aromatic N) is 2. The molecule has 0 aromatic carbocycles. The number of aromatic nitrogens is 1. The molecule has 1 amide bonds. The Balaban J connectivity index is 0.00000180. The third-order valence-electron chi connectivity index (χ3n) is 3.13. The minimum atomic E-state index is -1.00. The number of rotatable bonds is 5. The molecule has 1 aliphatic heterocycles. The summed E-state index contributed by atoms with van der Waals surface area (Å²) in [5.41, 5.74) is 0.938. The predicted molar refractivity (Wildman–Crippen MR) is 75.0 cm³/mol. The number of aliphatic hydroxyl groups is 1. The van der Waals surface area contributed by atoms with E-state index < -0.39 is 6.23 Å². The molecule has 0 radical (unpaired) electrons. The van der Waals surface area contributed by atoms with Crippen molar-refractivity contribution in [2.24, 2.45) is 0 Å². The Labute approximate surface area is 119 Å². The summed E-state index contributed by atoms with van der Waals surface area (Å²) in [5.74, 6) is -0.312. The van der Waals surface area contributed by atoms with Crippen LogP contribution in [0.1, 0.15) is 18.5 Å². The first-order valence-electron chi connectivity index (χ1n) is 6.37. The molecule has 2 rings (SSSR count). The zero-order valence-electron chi connectivity index (χ0n) is 10.8. The Morgan fingerprint density at radius 1 is 1.42 bits per heavy atom. The van der Waals surface area contributed by atoms with Gasteiger partial charge in [-0.15, -0.1) is 12.4 Å². The van der Waals surface area contributed by atoms with Crippen molar-refractivity contribution in [3.8, 4) is 0 Å². The summed E-state index contributed by atoms with van der Waals surface area (Å²) in [5, 5.41) is 12.6. The summed E-state index contributed by atoms with van der Waals surface area (Å²) in [7, 11) is 0. The Morgan fingerprint density at radius 3 is 2.79 bits per heavy atom. The highest BCUT2D eigenvalue weighted by Crippen LogP contribution is 2.10. The van der Waals surface area contributed by atoms with Crippen LogP contribution in [0.3, 0.4) is 0 Å². The molecular weight excluding hydrogens is 266 g/mol. The number of hydrogen-bond donors (Lipinski definition) is 2. The zero-order valence-corrected chi connectivity index (χ0v) is 11.6. The highest BCUT2D eigenvalue weighted by Gasteiger charge is 2.25. The number of nitrogens with one attached hydrogen (secondary N) is 1. The van der Waals surface area contributed by atoms with Gasteiger partial charge in [0.1, 0.15) is 0 Å². The monoisotopic (exact) mass is 285 g/mol. The van der Waals surface area contributed by atoms with Gasteiger partial charge < -0.3 is 10.4 Å². The lowest BCUT2D eigenvalue weighted by Crippen LogP contribution is -2.46. The third kappa shape index (κ3) is 4.78. The van der Waals surface area contributed by atoms with Crippen molar-refractivity contribution in [1.82, 2.24) is 15.2 Å². The first kappa shape index (κ1) is 15.9. The fraction of sp³-hybridized carbons (Fsp3) is 0.538. The van der Waals surface area contributed by atoms with E-state index in [0.29, 0.717) is 13.0 Å². The molecule has 1 aromatic heterocycles. The summed E-state index contributed by atoms with van der Waals surface area (Å²) in [6.45, 7) is 2.10. The zero-order chi connectivity index (χ0) is 12.8. The van der Waals surface area contributed by atoms with Gasteiger partial charge in [0.25, 0.3) is 5.91 Å². The van der Waals surface area contributed by atoms with Crippen LogP contribution in [0.2, 0.25) is 0 Å². The van der Waals surface area contributed by atoms with Gasteiger partial charge in [-0.3, -0.25) is 14.7 Å². The normalized spacial score (nSPS) is 16.7. The average molecular weight is 286 g/mol. The number of hydrogen-bond acceptors (Lipinski definition) is 4. The molecule has 0 aliphatic carbocycles. The van der Waals surface area contributed by atoms with Crippen molar-refractivity contribution in [1.29, 1.82) is 0 Å². The minimum absolute atomic E-state index is 0. The van der Waals surface area contributed by atoms with Crippen LogP contribution in [0.25, 0.3) is 0 Å². The second-order valence-corrected chi connectivity index (χ2v) is 4.48. The van der Waals surface area contributed by atoms with Gasteiger partial charge >= 0.3 is 0 Å². The van der Waals surface area contributed by atoms with Gasteiger partial charge in [0, 0.05) is 37.9 Å². The summed E-state index contributed by atoms with van der Waals surface area (Å²) in [6, 6.07) is 5.70. The maximum absolute atomic E-state index is 11.7. The predicted octanol–water partition coefficient (Wildman–Crippen LogP) is 0.576. The van der Waals surface area contributed by atoms with Crippen LogP contribution in [-0.2, 0) is 11.2 Å². The number of aliphatic hydroxyl groups excluding tert-OH is 1. The van der Waals surface area contributed by atoms with E-state index in [1.165, 1.54) is 0 Å². The van der Waals surface area contributed by atoms with Gasteiger partial charge in [-0.25, -0.2) is 0 Å². The molecule has 2 heterocycles. The van der Waals surface area contributed by atoms with E-state index in [-0.39, 0.29) is 18.3 Å². The Kier molecular flexibility index (Phi) is 6.77. The largest absolute Gasteiger partial charge is 0.370 e. The van der Waals surface area contributed by atoms with Crippen LogP contribution < -0.4 is 5.32 Å². The Hall–Kier alpha value is -1.17. The minimum Gasteiger partial charge on any atom is -0.370 e. The van der Waals surface area contributed by atoms with Crippen molar-refractivity contribution >= 4 is 18.3 Å². The summed E-state index contributed by atoms with van der Waals surface area (Å²) in [6.07, 6.45) is 3.52. The number of carbonyl (C=O) groups excluding carboxylic acids is 1. The van der Waals surface area contributed by atoms with Gasteiger partial charge in [0.05, 0.1) is 0 Å². The maximum atomic E-state index is 11.7. The molecule has 0 spiro atoms. The molecule has 1 saturated heterocycles. The number of carbonyl (C=O) groups is 1. The molecule has 106 valence electrons. The molecule has 0 saturated carbocycles. The summed E-state index contributed by atoms with van der Waals surface area (Å²) in [4.78, 5) is 17.7. The molecule has 1 unspecified atom stereocenters. The number of likely N-dealkylation sites (tertiary alicyclic amines) is 1.